The number of thioether (sulfide) groups is 1. The number of carbonyl (C=O) groups excluding carboxylic acids is 1. The average molecular weight is 344 g/mol. The van der Waals surface area contributed by atoms with E-state index in [4.69, 9.17) is 0 Å². The van der Waals surface area contributed by atoms with Crippen LogP contribution >= 0.6 is 11.8 Å². The van der Waals surface area contributed by atoms with Gasteiger partial charge in [-0.15, -0.1) is 5.10 Å². The molecule has 0 radical (unpaired) electrons. The molecule has 6 heteroatoms. The molecule has 1 aromatic heterocycles. The van der Waals surface area contributed by atoms with Crippen LogP contribution in [0.2, 0.25) is 0 Å². The van der Waals surface area contributed by atoms with Crippen LogP contribution in [0, 0.1) is 13.8 Å². The first-order valence-corrected chi connectivity index (χ1v) is 9.38. The second-order valence-electron chi connectivity index (χ2n) is 6.55. The van der Waals surface area contributed by atoms with Gasteiger partial charge in [-0.3, -0.25) is 9.89 Å². The lowest BCUT2D eigenvalue weighted by Gasteiger charge is -2.12. The van der Waals surface area contributed by atoms with Crippen molar-refractivity contribution in [2.24, 2.45) is 0 Å². The third-order valence-corrected chi connectivity index (χ3v) is 5.48. The number of nitrogens with zero attached hydrogens (tertiary/aromatic N) is 2. The summed E-state index contributed by atoms with van der Waals surface area (Å²) in [7, 11) is 0. The van der Waals surface area contributed by atoms with Gasteiger partial charge in [-0.05, 0) is 45.2 Å². The third-order valence-electron chi connectivity index (χ3n) is 4.52. The Balaban J connectivity index is 1.59. The molecule has 1 aromatic carbocycles. The van der Waals surface area contributed by atoms with Gasteiger partial charge >= 0.3 is 0 Å². The molecule has 2 aromatic rings. The average Bonchev–Trinajstić information content (AvgIpc) is 3.20. The van der Waals surface area contributed by atoms with E-state index in [2.05, 4.69) is 26.6 Å². The van der Waals surface area contributed by atoms with Gasteiger partial charge in [0.25, 0.3) is 0 Å². The Kier molecular flexibility index (Phi) is 5.23. The molecule has 0 bridgehead atoms. The SMILES string of the molecule is Cc1ccc(NC(=O)[C@H](C)Sc2n[nH]c(C3CCCC3)n2)c(C)c1. The smallest absolute Gasteiger partial charge is 0.237 e. The quantitative estimate of drug-likeness (QED) is 0.798. The number of amides is 1. The maximum Gasteiger partial charge on any atom is 0.237 e. The number of nitrogens with one attached hydrogen (secondary N) is 2. The highest BCUT2D eigenvalue weighted by Crippen LogP contribution is 2.33. The number of carbonyl (C=O) groups is 1. The van der Waals surface area contributed by atoms with E-state index in [-0.39, 0.29) is 11.2 Å². The molecule has 24 heavy (non-hydrogen) atoms. The minimum Gasteiger partial charge on any atom is -0.325 e. The Labute approximate surface area is 147 Å². The van der Waals surface area contributed by atoms with Gasteiger partial charge in [0.15, 0.2) is 0 Å². The van der Waals surface area contributed by atoms with Crippen LogP contribution in [-0.2, 0) is 4.79 Å². The van der Waals surface area contributed by atoms with Crippen molar-refractivity contribution in [3.8, 4) is 0 Å². The Morgan fingerprint density at radius 1 is 1.33 bits per heavy atom. The Bertz CT molecular complexity index is 722. The number of H-pyrrole nitrogens is 1. The molecule has 5 nitrogen and oxygen atoms in total. The maximum atomic E-state index is 12.4. The fraction of sp³-hybridized carbons (Fsp3) is 0.500. The first kappa shape index (κ1) is 17.0. The van der Waals surface area contributed by atoms with Crippen LogP contribution in [0.15, 0.2) is 23.4 Å². The minimum atomic E-state index is -0.252. The highest BCUT2D eigenvalue weighted by Gasteiger charge is 2.22. The summed E-state index contributed by atoms with van der Waals surface area (Å²) >= 11 is 1.39. The fourth-order valence-corrected chi connectivity index (χ4v) is 3.82. The summed E-state index contributed by atoms with van der Waals surface area (Å²) < 4.78 is 0. The van der Waals surface area contributed by atoms with Crippen LogP contribution < -0.4 is 5.32 Å². The second-order valence-corrected chi connectivity index (χ2v) is 7.86. The zero-order valence-electron chi connectivity index (χ0n) is 14.4. The molecule has 1 fully saturated rings. The molecule has 1 aliphatic carbocycles. The van der Waals surface area contributed by atoms with Crippen molar-refractivity contribution >= 4 is 23.4 Å². The number of aromatic nitrogens is 3. The summed E-state index contributed by atoms with van der Waals surface area (Å²) in [4.78, 5) is 17.0. The molecule has 1 heterocycles. The van der Waals surface area contributed by atoms with Crippen molar-refractivity contribution in [2.45, 2.75) is 62.8 Å². The zero-order chi connectivity index (χ0) is 17.1. The van der Waals surface area contributed by atoms with Crippen LogP contribution in [0.4, 0.5) is 5.69 Å². The van der Waals surface area contributed by atoms with Crippen LogP contribution in [-0.4, -0.2) is 26.3 Å². The number of aryl methyl sites for hydroxylation is 2. The summed E-state index contributed by atoms with van der Waals surface area (Å²) in [6, 6.07) is 6.02. The summed E-state index contributed by atoms with van der Waals surface area (Å²) in [6.07, 6.45) is 4.90. The number of hydrogen-bond acceptors (Lipinski definition) is 4. The number of hydrogen-bond donors (Lipinski definition) is 2. The lowest BCUT2D eigenvalue weighted by atomic mass is 10.1. The molecule has 1 aliphatic rings. The predicted octanol–water partition coefficient (Wildman–Crippen LogP) is 4.20. The minimum absolute atomic E-state index is 0.0285. The number of anilines is 1. The lowest BCUT2D eigenvalue weighted by Crippen LogP contribution is -2.23. The molecular weight excluding hydrogens is 320 g/mol. The lowest BCUT2D eigenvalue weighted by molar-refractivity contribution is -0.115. The zero-order valence-corrected chi connectivity index (χ0v) is 15.2. The molecule has 128 valence electrons. The first-order valence-electron chi connectivity index (χ1n) is 8.50. The van der Waals surface area contributed by atoms with Crippen molar-refractivity contribution < 1.29 is 4.79 Å². The van der Waals surface area contributed by atoms with Crippen LogP contribution in [0.1, 0.15) is 55.5 Å². The molecule has 0 saturated heterocycles. The van der Waals surface area contributed by atoms with Gasteiger partial charge < -0.3 is 5.32 Å². The molecule has 0 aliphatic heterocycles. The Morgan fingerprint density at radius 3 is 2.79 bits per heavy atom. The van der Waals surface area contributed by atoms with Gasteiger partial charge in [0.05, 0.1) is 5.25 Å². The summed E-state index contributed by atoms with van der Waals surface area (Å²) in [5, 5.41) is 10.7. The molecule has 0 unspecified atom stereocenters. The third kappa shape index (κ3) is 3.98. The second kappa shape index (κ2) is 7.38. The largest absolute Gasteiger partial charge is 0.325 e. The van der Waals surface area contributed by atoms with E-state index in [9.17, 15) is 4.79 Å². The Morgan fingerprint density at radius 2 is 2.08 bits per heavy atom. The molecule has 1 saturated carbocycles. The standard InChI is InChI=1S/C18H24N4OS/c1-11-8-9-15(12(2)10-11)19-17(23)13(3)24-18-20-16(21-22-18)14-6-4-5-7-14/h8-10,13-14H,4-7H2,1-3H3,(H,19,23)(H,20,21,22)/t13-/m0/s1. The van der Waals surface area contributed by atoms with Crippen LogP contribution in [0.25, 0.3) is 0 Å². The van der Waals surface area contributed by atoms with E-state index < -0.39 is 0 Å². The number of benzene rings is 1. The van der Waals surface area contributed by atoms with Gasteiger partial charge in [-0.1, -0.05) is 42.3 Å². The van der Waals surface area contributed by atoms with Crippen LogP contribution in [0.5, 0.6) is 0 Å². The maximum absolute atomic E-state index is 12.4. The monoisotopic (exact) mass is 344 g/mol. The van der Waals surface area contributed by atoms with E-state index in [0.29, 0.717) is 11.1 Å². The summed E-state index contributed by atoms with van der Waals surface area (Å²) in [5.74, 6) is 1.45. The van der Waals surface area contributed by atoms with E-state index in [1.165, 1.54) is 43.0 Å². The molecule has 3 rings (SSSR count). The van der Waals surface area contributed by atoms with Gasteiger partial charge in [-0.25, -0.2) is 4.98 Å². The van der Waals surface area contributed by atoms with E-state index in [1.54, 1.807) is 0 Å². The van der Waals surface area contributed by atoms with Crippen molar-refractivity contribution in [3.05, 3.63) is 35.2 Å². The molecular formula is C18H24N4OS. The predicted molar refractivity (Wildman–Crippen MR) is 97.5 cm³/mol. The van der Waals surface area contributed by atoms with Crippen molar-refractivity contribution in [1.29, 1.82) is 0 Å². The Hall–Kier alpha value is -1.82. The van der Waals surface area contributed by atoms with Gasteiger partial charge in [0.1, 0.15) is 5.82 Å². The van der Waals surface area contributed by atoms with Crippen molar-refractivity contribution in [1.82, 2.24) is 15.2 Å². The van der Waals surface area contributed by atoms with Crippen LogP contribution in [0.3, 0.4) is 0 Å². The molecule has 2 N–H and O–H groups in total. The van der Waals surface area contributed by atoms with Crippen molar-refractivity contribution in [3.63, 3.8) is 0 Å². The molecule has 1 amide bonds. The highest BCUT2D eigenvalue weighted by atomic mass is 32.2. The van der Waals surface area contributed by atoms with E-state index in [0.717, 1.165) is 17.1 Å². The van der Waals surface area contributed by atoms with Gasteiger partial charge in [0, 0.05) is 11.6 Å². The van der Waals surface area contributed by atoms with Gasteiger partial charge in [-0.2, -0.15) is 0 Å². The highest BCUT2D eigenvalue weighted by molar-refractivity contribution is 8.00. The molecule has 1 atom stereocenters. The molecule has 0 spiro atoms. The fourth-order valence-electron chi connectivity index (χ4n) is 3.09. The van der Waals surface area contributed by atoms with Gasteiger partial charge in [0.2, 0.25) is 11.1 Å². The van der Waals surface area contributed by atoms with E-state index in [1.807, 2.05) is 32.9 Å². The number of rotatable bonds is 5. The topological polar surface area (TPSA) is 70.7 Å². The first-order chi connectivity index (χ1) is 11.5. The summed E-state index contributed by atoms with van der Waals surface area (Å²) in [6.45, 7) is 5.93. The van der Waals surface area contributed by atoms with E-state index >= 15 is 0 Å². The summed E-state index contributed by atoms with van der Waals surface area (Å²) in [5.41, 5.74) is 3.12. The normalized spacial score (nSPS) is 16.3. The van der Waals surface area contributed by atoms with Crippen molar-refractivity contribution in [2.75, 3.05) is 5.32 Å². The number of aromatic amines is 1.